The van der Waals surface area contributed by atoms with Gasteiger partial charge in [0.05, 0.1) is 11.4 Å². The molecule has 13 heavy (non-hydrogen) atoms. The van der Waals surface area contributed by atoms with Gasteiger partial charge in [-0.15, -0.1) is 11.3 Å². The van der Waals surface area contributed by atoms with Crippen molar-refractivity contribution in [3.63, 3.8) is 0 Å². The summed E-state index contributed by atoms with van der Waals surface area (Å²) in [6.07, 6.45) is 2.06. The van der Waals surface area contributed by atoms with Crippen LogP contribution < -0.4 is 0 Å². The van der Waals surface area contributed by atoms with Crippen LogP contribution in [0.25, 0.3) is 0 Å². The first-order chi connectivity index (χ1) is 6.06. The third kappa shape index (κ3) is 2.60. The zero-order valence-electron chi connectivity index (χ0n) is 8.03. The van der Waals surface area contributed by atoms with Gasteiger partial charge in [-0.05, 0) is 13.8 Å². The molecule has 0 aromatic carbocycles. The molecule has 1 rings (SSSR count). The SMILES string of the molecule is COC(C)(C)C(=O)Cc1nccs1. The molecule has 0 unspecified atom stereocenters. The van der Waals surface area contributed by atoms with Crippen LogP contribution in [0.3, 0.4) is 0 Å². The van der Waals surface area contributed by atoms with E-state index in [0.29, 0.717) is 6.42 Å². The fraction of sp³-hybridized carbons (Fsp3) is 0.556. The van der Waals surface area contributed by atoms with Gasteiger partial charge in [-0.1, -0.05) is 0 Å². The molecule has 0 bridgehead atoms. The highest BCUT2D eigenvalue weighted by molar-refractivity contribution is 7.09. The molecule has 1 aromatic rings. The van der Waals surface area contributed by atoms with Gasteiger partial charge < -0.3 is 4.74 Å². The van der Waals surface area contributed by atoms with Gasteiger partial charge in [0.2, 0.25) is 0 Å². The molecule has 0 aliphatic carbocycles. The first-order valence-electron chi connectivity index (χ1n) is 4.03. The molecule has 0 atom stereocenters. The summed E-state index contributed by atoms with van der Waals surface area (Å²) < 4.78 is 5.08. The third-order valence-electron chi connectivity index (χ3n) is 1.98. The number of carbonyl (C=O) groups is 1. The van der Waals surface area contributed by atoms with Gasteiger partial charge in [-0.3, -0.25) is 4.79 Å². The molecule has 1 aromatic heterocycles. The van der Waals surface area contributed by atoms with Crippen molar-refractivity contribution in [1.29, 1.82) is 0 Å². The number of hydrogen-bond donors (Lipinski definition) is 0. The minimum Gasteiger partial charge on any atom is -0.371 e. The standard InChI is InChI=1S/C9H13NO2S/c1-9(2,12-3)7(11)6-8-10-4-5-13-8/h4-5H,6H2,1-3H3. The number of carbonyl (C=O) groups excluding carboxylic acids is 1. The van der Waals surface area contributed by atoms with Crippen molar-refractivity contribution in [3.05, 3.63) is 16.6 Å². The second-order valence-electron chi connectivity index (χ2n) is 3.24. The molecule has 0 saturated carbocycles. The molecule has 1 heterocycles. The molecule has 0 radical (unpaired) electrons. The lowest BCUT2D eigenvalue weighted by Gasteiger charge is -2.20. The third-order valence-corrected chi connectivity index (χ3v) is 2.76. The summed E-state index contributed by atoms with van der Waals surface area (Å²) in [5.74, 6) is 0.0601. The maximum atomic E-state index is 11.6. The number of rotatable bonds is 4. The summed E-state index contributed by atoms with van der Waals surface area (Å²) in [5, 5.41) is 2.71. The topological polar surface area (TPSA) is 39.2 Å². The van der Waals surface area contributed by atoms with Crippen LogP contribution in [0.15, 0.2) is 11.6 Å². The Labute approximate surface area is 81.8 Å². The highest BCUT2D eigenvalue weighted by atomic mass is 32.1. The normalized spacial score (nSPS) is 11.6. The Bertz CT molecular complexity index is 280. The minimum atomic E-state index is -0.703. The number of thiazole rings is 1. The average Bonchev–Trinajstić information content (AvgIpc) is 2.57. The van der Waals surface area contributed by atoms with Gasteiger partial charge in [0, 0.05) is 18.7 Å². The Balaban J connectivity index is 2.61. The Morgan fingerprint density at radius 3 is 2.85 bits per heavy atom. The summed E-state index contributed by atoms with van der Waals surface area (Å²) in [4.78, 5) is 15.7. The molecule has 72 valence electrons. The van der Waals surface area contributed by atoms with Gasteiger partial charge in [-0.2, -0.15) is 0 Å². The Morgan fingerprint density at radius 1 is 1.69 bits per heavy atom. The fourth-order valence-electron chi connectivity index (χ4n) is 0.804. The Hall–Kier alpha value is -0.740. The Kier molecular flexibility index (Phi) is 3.17. The van der Waals surface area contributed by atoms with Crippen LogP contribution in [0.1, 0.15) is 18.9 Å². The predicted molar refractivity (Wildman–Crippen MR) is 51.9 cm³/mol. The van der Waals surface area contributed by atoms with Gasteiger partial charge in [-0.25, -0.2) is 4.98 Å². The molecule has 3 nitrogen and oxygen atoms in total. The highest BCUT2D eigenvalue weighted by Gasteiger charge is 2.27. The number of Topliss-reactive ketones (excluding diaryl/α,β-unsaturated/α-hetero) is 1. The first-order valence-corrected chi connectivity index (χ1v) is 4.91. The van der Waals surface area contributed by atoms with Crippen LogP contribution in [0.2, 0.25) is 0 Å². The maximum Gasteiger partial charge on any atom is 0.170 e. The summed E-state index contributed by atoms with van der Waals surface area (Å²) in [7, 11) is 1.54. The highest BCUT2D eigenvalue weighted by Crippen LogP contribution is 2.14. The quantitative estimate of drug-likeness (QED) is 0.740. The maximum absolute atomic E-state index is 11.6. The van der Waals surface area contributed by atoms with E-state index in [1.54, 1.807) is 27.2 Å². The van der Waals surface area contributed by atoms with E-state index in [2.05, 4.69) is 4.98 Å². The molecule has 0 aliphatic rings. The second kappa shape index (κ2) is 3.98. The summed E-state index contributed by atoms with van der Waals surface area (Å²) in [6.45, 7) is 3.53. The average molecular weight is 199 g/mol. The van der Waals surface area contributed by atoms with E-state index in [0.717, 1.165) is 5.01 Å². The molecule has 0 aliphatic heterocycles. The van der Waals surface area contributed by atoms with Crippen molar-refractivity contribution >= 4 is 17.1 Å². The molecular weight excluding hydrogens is 186 g/mol. The molecule has 0 amide bonds. The van der Waals surface area contributed by atoms with Gasteiger partial charge in [0.15, 0.2) is 5.78 Å². The van der Waals surface area contributed by atoms with Gasteiger partial charge in [0.25, 0.3) is 0 Å². The molecular formula is C9H13NO2S. The summed E-state index contributed by atoms with van der Waals surface area (Å²) in [6, 6.07) is 0. The smallest absolute Gasteiger partial charge is 0.170 e. The lowest BCUT2D eigenvalue weighted by Crippen LogP contribution is -2.35. The predicted octanol–water partition coefficient (Wildman–Crippen LogP) is 1.68. The van der Waals surface area contributed by atoms with Crippen molar-refractivity contribution in [3.8, 4) is 0 Å². The van der Waals surface area contributed by atoms with E-state index in [1.165, 1.54) is 11.3 Å². The summed E-state index contributed by atoms with van der Waals surface area (Å²) >= 11 is 1.49. The van der Waals surface area contributed by atoms with Crippen molar-refractivity contribution < 1.29 is 9.53 Å². The van der Waals surface area contributed by atoms with E-state index >= 15 is 0 Å². The van der Waals surface area contributed by atoms with E-state index in [1.807, 2.05) is 5.38 Å². The van der Waals surface area contributed by atoms with E-state index in [-0.39, 0.29) is 5.78 Å². The van der Waals surface area contributed by atoms with E-state index in [9.17, 15) is 4.79 Å². The zero-order chi connectivity index (χ0) is 9.90. The largest absolute Gasteiger partial charge is 0.371 e. The molecule has 0 N–H and O–H groups in total. The minimum absolute atomic E-state index is 0.0601. The number of aromatic nitrogens is 1. The number of methoxy groups -OCH3 is 1. The van der Waals surface area contributed by atoms with Crippen LogP contribution >= 0.6 is 11.3 Å². The number of ether oxygens (including phenoxy) is 1. The molecule has 4 heteroatoms. The Morgan fingerprint density at radius 2 is 2.38 bits per heavy atom. The molecule has 0 spiro atoms. The van der Waals surface area contributed by atoms with Crippen molar-refractivity contribution in [2.24, 2.45) is 0 Å². The van der Waals surface area contributed by atoms with Crippen molar-refractivity contribution in [2.45, 2.75) is 25.9 Å². The van der Waals surface area contributed by atoms with Gasteiger partial charge in [0.1, 0.15) is 5.60 Å². The zero-order valence-corrected chi connectivity index (χ0v) is 8.85. The first kappa shape index (κ1) is 10.3. The van der Waals surface area contributed by atoms with Crippen molar-refractivity contribution in [1.82, 2.24) is 4.98 Å². The fourth-order valence-corrected chi connectivity index (χ4v) is 1.42. The van der Waals surface area contributed by atoms with Crippen LogP contribution in [-0.2, 0) is 16.0 Å². The van der Waals surface area contributed by atoms with Gasteiger partial charge >= 0.3 is 0 Å². The second-order valence-corrected chi connectivity index (χ2v) is 4.22. The molecule has 0 fully saturated rings. The van der Waals surface area contributed by atoms with E-state index < -0.39 is 5.60 Å². The number of nitrogens with zero attached hydrogens (tertiary/aromatic N) is 1. The number of ketones is 1. The number of hydrogen-bond acceptors (Lipinski definition) is 4. The van der Waals surface area contributed by atoms with Crippen molar-refractivity contribution in [2.75, 3.05) is 7.11 Å². The summed E-state index contributed by atoms with van der Waals surface area (Å²) in [5.41, 5.74) is -0.703. The monoisotopic (exact) mass is 199 g/mol. The van der Waals surface area contributed by atoms with E-state index in [4.69, 9.17) is 4.74 Å². The van der Waals surface area contributed by atoms with Crippen LogP contribution in [0.4, 0.5) is 0 Å². The van der Waals surface area contributed by atoms with Crippen LogP contribution in [-0.4, -0.2) is 23.5 Å². The molecule has 0 saturated heterocycles. The van der Waals surface area contributed by atoms with Crippen LogP contribution in [0, 0.1) is 0 Å². The lowest BCUT2D eigenvalue weighted by atomic mass is 10.0. The van der Waals surface area contributed by atoms with Crippen LogP contribution in [0.5, 0.6) is 0 Å². The lowest BCUT2D eigenvalue weighted by molar-refractivity contribution is -0.136.